The maximum atomic E-state index is 12.8. The average molecular weight is 338 g/mol. The molecule has 0 atom stereocenters. The third-order valence-corrected chi connectivity index (χ3v) is 3.83. The molecule has 1 N–H and O–H groups in total. The Labute approximate surface area is 145 Å². The van der Waals surface area contributed by atoms with Gasteiger partial charge < -0.3 is 9.84 Å². The van der Waals surface area contributed by atoms with Crippen LogP contribution in [-0.4, -0.2) is 22.1 Å². The van der Waals surface area contributed by atoms with Gasteiger partial charge in [-0.25, -0.2) is 0 Å². The molecular weight excluding hydrogens is 320 g/mol. The molecule has 6 nitrogen and oxygen atoms in total. The molecule has 0 unspecified atom stereocenters. The summed E-state index contributed by atoms with van der Waals surface area (Å²) in [5.41, 5.74) is -0.308. The minimum absolute atomic E-state index is 0.0437. The molecule has 0 aliphatic heterocycles. The van der Waals surface area contributed by atoms with Crippen LogP contribution in [0.4, 0.5) is 0 Å². The van der Waals surface area contributed by atoms with E-state index in [0.29, 0.717) is 17.9 Å². The van der Waals surface area contributed by atoms with E-state index < -0.39 is 17.2 Å². The van der Waals surface area contributed by atoms with Crippen molar-refractivity contribution in [2.75, 3.05) is 6.61 Å². The lowest BCUT2D eigenvalue weighted by Gasteiger charge is -2.14. The number of ether oxygens (including phenoxy) is 1. The molecule has 2 rings (SSSR count). The zero-order valence-electron chi connectivity index (χ0n) is 14.1. The summed E-state index contributed by atoms with van der Waals surface area (Å²) < 4.78 is 6.38. The highest BCUT2D eigenvalue weighted by molar-refractivity contribution is 6.11. The summed E-state index contributed by atoms with van der Waals surface area (Å²) in [6, 6.07) is 8.20. The summed E-state index contributed by atoms with van der Waals surface area (Å²) in [4.78, 5) is 25.0. The van der Waals surface area contributed by atoms with Crippen molar-refractivity contribution >= 4 is 5.78 Å². The molecule has 2 aromatic rings. The van der Waals surface area contributed by atoms with Crippen molar-refractivity contribution in [1.29, 1.82) is 5.26 Å². The molecule has 0 saturated carbocycles. The van der Waals surface area contributed by atoms with Crippen LogP contribution in [0.1, 0.15) is 34.0 Å². The van der Waals surface area contributed by atoms with E-state index in [1.165, 1.54) is 6.92 Å². The van der Waals surface area contributed by atoms with Crippen LogP contribution in [0.5, 0.6) is 11.6 Å². The number of ketones is 1. The van der Waals surface area contributed by atoms with Gasteiger partial charge in [0.05, 0.1) is 5.56 Å². The van der Waals surface area contributed by atoms with E-state index in [9.17, 15) is 20.0 Å². The molecule has 0 spiro atoms. The van der Waals surface area contributed by atoms with Gasteiger partial charge in [0.1, 0.15) is 24.0 Å². The van der Waals surface area contributed by atoms with Gasteiger partial charge in [-0.2, -0.15) is 5.26 Å². The summed E-state index contributed by atoms with van der Waals surface area (Å²) >= 11 is 0. The van der Waals surface area contributed by atoms with Crippen LogP contribution in [0, 0.1) is 18.3 Å². The van der Waals surface area contributed by atoms with Crippen LogP contribution in [-0.2, 0) is 6.54 Å². The Morgan fingerprint density at radius 2 is 2.04 bits per heavy atom. The van der Waals surface area contributed by atoms with Gasteiger partial charge in [-0.15, -0.1) is 0 Å². The number of pyridine rings is 1. The van der Waals surface area contributed by atoms with Crippen LogP contribution >= 0.6 is 0 Å². The highest BCUT2D eigenvalue weighted by atomic mass is 16.5. The highest BCUT2D eigenvalue weighted by Gasteiger charge is 2.24. The van der Waals surface area contributed by atoms with Gasteiger partial charge in [0.15, 0.2) is 5.78 Å². The maximum Gasteiger partial charge on any atom is 0.271 e. The number of aromatic nitrogens is 1. The molecule has 0 saturated heterocycles. The molecule has 1 aromatic carbocycles. The Balaban J connectivity index is 2.54. The first-order valence-electron chi connectivity index (χ1n) is 7.71. The van der Waals surface area contributed by atoms with Crippen LogP contribution < -0.4 is 10.3 Å². The lowest BCUT2D eigenvalue weighted by Crippen LogP contribution is -2.26. The Morgan fingerprint density at radius 3 is 2.56 bits per heavy atom. The molecule has 0 aliphatic rings. The second-order valence-corrected chi connectivity index (χ2v) is 5.31. The van der Waals surface area contributed by atoms with Gasteiger partial charge in [-0.3, -0.25) is 14.2 Å². The fourth-order valence-corrected chi connectivity index (χ4v) is 2.52. The van der Waals surface area contributed by atoms with E-state index in [1.54, 1.807) is 37.3 Å². The van der Waals surface area contributed by atoms with E-state index in [4.69, 9.17) is 4.74 Å². The SMILES string of the molecule is C=CCOc1ccc(C(=O)c2c(C)c(C#N)c(=O)n(CC)c2O)cc1. The predicted octanol–water partition coefficient (Wildman–Crippen LogP) is 2.55. The van der Waals surface area contributed by atoms with Gasteiger partial charge >= 0.3 is 0 Å². The number of carbonyl (C=O) groups is 1. The lowest BCUT2D eigenvalue weighted by molar-refractivity contribution is 0.103. The van der Waals surface area contributed by atoms with Crippen LogP contribution in [0.2, 0.25) is 0 Å². The number of rotatable bonds is 6. The number of nitriles is 1. The lowest BCUT2D eigenvalue weighted by atomic mass is 9.97. The fourth-order valence-electron chi connectivity index (χ4n) is 2.52. The van der Waals surface area contributed by atoms with Gasteiger partial charge in [-0.05, 0) is 43.7 Å². The van der Waals surface area contributed by atoms with E-state index in [-0.39, 0.29) is 23.2 Å². The molecule has 1 aromatic heterocycles. The number of benzene rings is 1. The Hall–Kier alpha value is -3.33. The summed E-state index contributed by atoms with van der Waals surface area (Å²) in [5, 5.41) is 19.6. The molecule has 0 amide bonds. The second-order valence-electron chi connectivity index (χ2n) is 5.31. The number of hydrogen-bond acceptors (Lipinski definition) is 5. The third-order valence-electron chi connectivity index (χ3n) is 3.83. The molecule has 0 fully saturated rings. The van der Waals surface area contributed by atoms with E-state index >= 15 is 0 Å². The summed E-state index contributed by atoms with van der Waals surface area (Å²) in [6.45, 7) is 7.18. The van der Waals surface area contributed by atoms with Crippen LogP contribution in [0.15, 0.2) is 41.7 Å². The van der Waals surface area contributed by atoms with E-state index in [1.807, 2.05) is 6.07 Å². The van der Waals surface area contributed by atoms with E-state index in [2.05, 4.69) is 6.58 Å². The van der Waals surface area contributed by atoms with Crippen LogP contribution in [0.25, 0.3) is 0 Å². The quantitative estimate of drug-likeness (QED) is 0.645. The normalized spacial score (nSPS) is 10.1. The summed E-state index contributed by atoms with van der Waals surface area (Å²) in [7, 11) is 0. The highest BCUT2D eigenvalue weighted by Crippen LogP contribution is 2.25. The number of carbonyl (C=O) groups excluding carboxylic acids is 1. The standard InChI is InChI=1S/C19H18N2O4/c1-4-10-25-14-8-6-13(7-9-14)17(22)16-12(3)15(11-20)18(23)21(5-2)19(16)24/h4,6-9,24H,1,5,10H2,2-3H3. The van der Waals surface area contributed by atoms with Gasteiger partial charge in [0.2, 0.25) is 5.88 Å². The van der Waals surface area contributed by atoms with Crippen molar-refractivity contribution in [2.45, 2.75) is 20.4 Å². The fraction of sp³-hybridized carbons (Fsp3) is 0.211. The predicted molar refractivity (Wildman–Crippen MR) is 93.1 cm³/mol. The molecule has 0 radical (unpaired) electrons. The molecule has 1 heterocycles. The van der Waals surface area contributed by atoms with Gasteiger partial charge in [-0.1, -0.05) is 12.7 Å². The van der Waals surface area contributed by atoms with Crippen molar-refractivity contribution in [3.8, 4) is 17.7 Å². The second kappa shape index (κ2) is 7.49. The summed E-state index contributed by atoms with van der Waals surface area (Å²) in [6.07, 6.45) is 1.61. The summed E-state index contributed by atoms with van der Waals surface area (Å²) in [5.74, 6) is -0.321. The first-order valence-corrected chi connectivity index (χ1v) is 7.71. The van der Waals surface area contributed by atoms with Crippen molar-refractivity contribution in [1.82, 2.24) is 4.57 Å². The largest absolute Gasteiger partial charge is 0.494 e. The molecular formula is C19H18N2O4. The minimum Gasteiger partial charge on any atom is -0.494 e. The monoisotopic (exact) mass is 338 g/mol. The third kappa shape index (κ3) is 3.31. The van der Waals surface area contributed by atoms with Gasteiger partial charge in [0, 0.05) is 12.1 Å². The van der Waals surface area contributed by atoms with E-state index in [0.717, 1.165) is 4.57 Å². The first-order chi connectivity index (χ1) is 12.0. The molecule has 128 valence electrons. The topological polar surface area (TPSA) is 92.3 Å². The number of aromatic hydroxyl groups is 1. The Kier molecular flexibility index (Phi) is 5.40. The van der Waals surface area contributed by atoms with Crippen molar-refractivity contribution in [3.63, 3.8) is 0 Å². The zero-order valence-corrected chi connectivity index (χ0v) is 14.1. The van der Waals surface area contributed by atoms with Crippen molar-refractivity contribution in [3.05, 3.63) is 69.5 Å². The van der Waals surface area contributed by atoms with Gasteiger partial charge in [0.25, 0.3) is 5.56 Å². The molecule has 25 heavy (non-hydrogen) atoms. The number of hydrogen-bond donors (Lipinski definition) is 1. The minimum atomic E-state index is -0.607. The Morgan fingerprint density at radius 1 is 1.40 bits per heavy atom. The molecule has 6 heteroatoms. The Bertz CT molecular complexity index is 918. The number of nitrogens with zero attached hydrogens (tertiary/aromatic N) is 2. The first kappa shape index (κ1) is 18.0. The maximum absolute atomic E-state index is 12.8. The molecule has 0 bridgehead atoms. The molecule has 0 aliphatic carbocycles. The van der Waals surface area contributed by atoms with Crippen molar-refractivity contribution in [2.24, 2.45) is 0 Å². The van der Waals surface area contributed by atoms with Crippen LogP contribution in [0.3, 0.4) is 0 Å². The average Bonchev–Trinajstić information content (AvgIpc) is 2.61. The van der Waals surface area contributed by atoms with Crippen molar-refractivity contribution < 1.29 is 14.6 Å². The smallest absolute Gasteiger partial charge is 0.271 e. The zero-order chi connectivity index (χ0) is 18.6.